The van der Waals surface area contributed by atoms with Gasteiger partial charge in [-0.2, -0.15) is 0 Å². The van der Waals surface area contributed by atoms with Crippen molar-refractivity contribution in [3.05, 3.63) is 29.8 Å². The van der Waals surface area contributed by atoms with Crippen LogP contribution in [-0.2, 0) is 11.3 Å². The van der Waals surface area contributed by atoms with E-state index >= 15 is 0 Å². The highest BCUT2D eigenvalue weighted by Gasteiger charge is 2.13. The predicted octanol–water partition coefficient (Wildman–Crippen LogP) is 2.48. The van der Waals surface area contributed by atoms with Crippen molar-refractivity contribution in [2.45, 2.75) is 45.8 Å². The zero-order chi connectivity index (χ0) is 14.8. The van der Waals surface area contributed by atoms with Crippen molar-refractivity contribution in [2.75, 3.05) is 13.6 Å². The maximum atomic E-state index is 11.8. The van der Waals surface area contributed by atoms with Crippen LogP contribution in [0.15, 0.2) is 24.3 Å². The first kappa shape index (κ1) is 16.5. The minimum atomic E-state index is -0.466. The van der Waals surface area contributed by atoms with Crippen LogP contribution in [0.3, 0.4) is 0 Å². The molecule has 1 unspecified atom stereocenters. The molecule has 0 saturated carbocycles. The highest BCUT2D eigenvalue weighted by atomic mass is 16.5. The molecule has 0 aromatic heterocycles. The van der Waals surface area contributed by atoms with Crippen molar-refractivity contribution >= 4 is 5.91 Å². The van der Waals surface area contributed by atoms with E-state index in [4.69, 9.17) is 4.74 Å². The summed E-state index contributed by atoms with van der Waals surface area (Å²) in [7, 11) is 1.91. The van der Waals surface area contributed by atoms with E-state index in [-0.39, 0.29) is 5.91 Å². The highest BCUT2D eigenvalue weighted by molar-refractivity contribution is 5.80. The second kappa shape index (κ2) is 9.37. The van der Waals surface area contributed by atoms with E-state index in [1.54, 1.807) is 6.92 Å². The van der Waals surface area contributed by atoms with Crippen LogP contribution < -0.4 is 15.4 Å². The quantitative estimate of drug-likeness (QED) is 0.682. The van der Waals surface area contributed by atoms with Gasteiger partial charge in [0.2, 0.25) is 0 Å². The first-order valence-corrected chi connectivity index (χ1v) is 7.35. The van der Waals surface area contributed by atoms with Crippen LogP contribution in [0.5, 0.6) is 5.75 Å². The molecule has 0 spiro atoms. The smallest absolute Gasteiger partial charge is 0.260 e. The number of benzene rings is 1. The van der Waals surface area contributed by atoms with Crippen molar-refractivity contribution in [3.8, 4) is 5.75 Å². The fraction of sp³-hybridized carbons (Fsp3) is 0.562. The summed E-state index contributed by atoms with van der Waals surface area (Å²) in [6.07, 6.45) is 2.85. The van der Waals surface area contributed by atoms with Crippen molar-refractivity contribution < 1.29 is 9.53 Å². The molecule has 1 aromatic rings. The van der Waals surface area contributed by atoms with E-state index in [0.717, 1.165) is 38.1 Å². The number of amides is 1. The molecule has 1 aromatic carbocycles. The number of carbonyl (C=O) groups excluding carboxylic acids is 1. The molecule has 0 radical (unpaired) electrons. The molecular formula is C16H26N2O2. The lowest BCUT2D eigenvalue weighted by Crippen LogP contribution is -2.36. The standard InChI is InChI=1S/C16H26N2O2/c1-4-5-6-11-18-16(19)13(2)20-15-9-7-14(8-10-15)12-17-3/h7-10,13,17H,4-6,11-12H2,1-3H3,(H,18,19). The van der Waals surface area contributed by atoms with E-state index in [1.807, 2.05) is 31.3 Å². The normalized spacial score (nSPS) is 11.9. The van der Waals surface area contributed by atoms with Gasteiger partial charge in [0, 0.05) is 13.1 Å². The Morgan fingerprint density at radius 3 is 2.55 bits per heavy atom. The largest absolute Gasteiger partial charge is 0.481 e. The van der Waals surface area contributed by atoms with Crippen LogP contribution in [-0.4, -0.2) is 25.6 Å². The first-order chi connectivity index (χ1) is 9.67. The summed E-state index contributed by atoms with van der Waals surface area (Å²) in [5.74, 6) is 0.668. The lowest BCUT2D eigenvalue weighted by Gasteiger charge is -2.15. The van der Waals surface area contributed by atoms with Gasteiger partial charge in [-0.05, 0) is 38.1 Å². The van der Waals surface area contributed by atoms with E-state index in [0.29, 0.717) is 0 Å². The number of ether oxygens (including phenoxy) is 1. The van der Waals surface area contributed by atoms with Crippen LogP contribution in [0, 0.1) is 0 Å². The van der Waals surface area contributed by atoms with Gasteiger partial charge >= 0.3 is 0 Å². The maximum Gasteiger partial charge on any atom is 0.260 e. The lowest BCUT2D eigenvalue weighted by molar-refractivity contribution is -0.127. The summed E-state index contributed by atoms with van der Waals surface area (Å²) < 4.78 is 5.63. The van der Waals surface area contributed by atoms with Gasteiger partial charge in [-0.25, -0.2) is 0 Å². The van der Waals surface area contributed by atoms with Gasteiger partial charge in [-0.1, -0.05) is 31.9 Å². The molecule has 0 saturated heterocycles. The number of carbonyl (C=O) groups is 1. The Labute approximate surface area is 121 Å². The van der Waals surface area contributed by atoms with E-state index < -0.39 is 6.10 Å². The number of hydrogen-bond acceptors (Lipinski definition) is 3. The molecule has 1 amide bonds. The van der Waals surface area contributed by atoms with Crippen molar-refractivity contribution in [1.82, 2.24) is 10.6 Å². The summed E-state index contributed by atoms with van der Waals surface area (Å²) in [6, 6.07) is 7.79. The molecule has 0 aliphatic rings. The SMILES string of the molecule is CCCCCNC(=O)C(C)Oc1ccc(CNC)cc1. The van der Waals surface area contributed by atoms with Crippen molar-refractivity contribution in [2.24, 2.45) is 0 Å². The molecule has 0 fully saturated rings. The zero-order valence-electron chi connectivity index (χ0n) is 12.7. The van der Waals surface area contributed by atoms with Crippen LogP contribution in [0.4, 0.5) is 0 Å². The molecule has 0 bridgehead atoms. The van der Waals surface area contributed by atoms with Gasteiger partial charge in [0.1, 0.15) is 5.75 Å². The Bertz CT molecular complexity index is 390. The molecule has 112 valence electrons. The van der Waals surface area contributed by atoms with Gasteiger partial charge in [0.15, 0.2) is 6.10 Å². The second-order valence-corrected chi connectivity index (χ2v) is 4.93. The Balaban J connectivity index is 2.36. The second-order valence-electron chi connectivity index (χ2n) is 4.93. The van der Waals surface area contributed by atoms with E-state index in [2.05, 4.69) is 17.6 Å². The Kier molecular flexibility index (Phi) is 7.73. The molecule has 4 nitrogen and oxygen atoms in total. The fourth-order valence-corrected chi connectivity index (χ4v) is 1.88. The van der Waals surface area contributed by atoms with E-state index in [1.165, 1.54) is 5.56 Å². The Morgan fingerprint density at radius 1 is 1.25 bits per heavy atom. The van der Waals surface area contributed by atoms with E-state index in [9.17, 15) is 4.79 Å². The van der Waals surface area contributed by atoms with Gasteiger partial charge < -0.3 is 15.4 Å². The first-order valence-electron chi connectivity index (χ1n) is 7.35. The third kappa shape index (κ3) is 6.06. The summed E-state index contributed by atoms with van der Waals surface area (Å²) in [5.41, 5.74) is 1.19. The summed E-state index contributed by atoms with van der Waals surface area (Å²) in [6.45, 7) is 5.47. The summed E-state index contributed by atoms with van der Waals surface area (Å²) in [5, 5.41) is 5.99. The minimum absolute atomic E-state index is 0.0552. The fourth-order valence-electron chi connectivity index (χ4n) is 1.88. The van der Waals surface area contributed by atoms with Gasteiger partial charge in [0.25, 0.3) is 5.91 Å². The molecular weight excluding hydrogens is 252 g/mol. The van der Waals surface area contributed by atoms with Crippen LogP contribution in [0.1, 0.15) is 38.7 Å². The molecule has 0 aliphatic heterocycles. The molecule has 0 heterocycles. The number of nitrogens with one attached hydrogen (secondary N) is 2. The Hall–Kier alpha value is -1.55. The molecule has 0 aliphatic carbocycles. The average Bonchev–Trinajstić information content (AvgIpc) is 2.45. The Morgan fingerprint density at radius 2 is 1.95 bits per heavy atom. The summed E-state index contributed by atoms with van der Waals surface area (Å²) in [4.78, 5) is 11.8. The molecule has 1 rings (SSSR count). The number of rotatable bonds is 9. The van der Waals surface area contributed by atoms with Gasteiger partial charge in [0.05, 0.1) is 0 Å². The average molecular weight is 278 g/mol. The lowest BCUT2D eigenvalue weighted by atomic mass is 10.2. The minimum Gasteiger partial charge on any atom is -0.481 e. The molecule has 1 atom stereocenters. The zero-order valence-corrected chi connectivity index (χ0v) is 12.7. The van der Waals surface area contributed by atoms with Crippen LogP contribution in [0.2, 0.25) is 0 Å². The predicted molar refractivity (Wildman–Crippen MR) is 81.8 cm³/mol. The molecule has 2 N–H and O–H groups in total. The van der Waals surface area contributed by atoms with Crippen molar-refractivity contribution in [1.29, 1.82) is 0 Å². The monoisotopic (exact) mass is 278 g/mol. The maximum absolute atomic E-state index is 11.8. The number of unbranched alkanes of at least 4 members (excludes halogenated alkanes) is 2. The van der Waals surface area contributed by atoms with Crippen molar-refractivity contribution in [3.63, 3.8) is 0 Å². The highest BCUT2D eigenvalue weighted by Crippen LogP contribution is 2.13. The van der Waals surface area contributed by atoms with Gasteiger partial charge in [-0.3, -0.25) is 4.79 Å². The van der Waals surface area contributed by atoms with Crippen LogP contribution >= 0.6 is 0 Å². The molecule has 20 heavy (non-hydrogen) atoms. The van der Waals surface area contributed by atoms with Crippen LogP contribution in [0.25, 0.3) is 0 Å². The third-order valence-electron chi connectivity index (χ3n) is 3.07. The molecule has 4 heteroatoms. The topological polar surface area (TPSA) is 50.4 Å². The van der Waals surface area contributed by atoms with Gasteiger partial charge in [-0.15, -0.1) is 0 Å². The summed E-state index contributed by atoms with van der Waals surface area (Å²) >= 11 is 0. The number of hydrogen-bond donors (Lipinski definition) is 2. The third-order valence-corrected chi connectivity index (χ3v) is 3.07.